The van der Waals surface area contributed by atoms with E-state index in [4.69, 9.17) is 103 Å². The molecule has 4 rings (SSSR count). The Labute approximate surface area is 310 Å². The van der Waals surface area contributed by atoms with Crippen LogP contribution in [0.5, 0.6) is 0 Å². The summed E-state index contributed by atoms with van der Waals surface area (Å²) in [5.41, 5.74) is 0. The summed E-state index contributed by atoms with van der Waals surface area (Å²) in [6, 6.07) is 0. The van der Waals surface area contributed by atoms with Crippen molar-refractivity contribution < 1.29 is 83.9 Å². The van der Waals surface area contributed by atoms with E-state index in [1.54, 1.807) is 0 Å². The van der Waals surface area contributed by atoms with Crippen molar-refractivity contribution in [2.45, 2.75) is 115 Å². The highest BCUT2D eigenvalue weighted by atomic mass is 35.5. The number of rotatable bonds is 11. The van der Waals surface area contributed by atoms with Crippen LogP contribution in [0, 0.1) is 0 Å². The van der Waals surface area contributed by atoms with Gasteiger partial charge in [0.1, 0.15) is 79.9 Å². The second kappa shape index (κ2) is 18.8. The number of esters is 1. The second-order valence-electron chi connectivity index (χ2n) is 11.5. The van der Waals surface area contributed by atoms with E-state index in [1.165, 1.54) is 6.92 Å². The monoisotopic (exact) mass is 834 g/mol. The fourth-order valence-corrected chi connectivity index (χ4v) is 6.93. The molecule has 18 atom stereocenters. The molecular formula is C26H40Cl6O17. The fraction of sp³-hybridized carbons (Fsp3) is 0.962. The molecule has 0 aromatic carbocycles. The predicted octanol–water partition coefficient (Wildman–Crippen LogP) is -2.74. The third-order valence-electron chi connectivity index (χ3n) is 8.19. The number of alkyl halides is 6. The maximum absolute atomic E-state index is 11.0. The maximum Gasteiger partial charge on any atom is 0.302 e. The van der Waals surface area contributed by atoms with Crippen LogP contribution in [0.1, 0.15) is 6.92 Å². The third-order valence-corrected chi connectivity index (χ3v) is 10.6. The molecule has 4 aliphatic heterocycles. The molecule has 23 heteroatoms. The highest BCUT2D eigenvalue weighted by Crippen LogP contribution is 2.39. The first-order valence-electron chi connectivity index (χ1n) is 14.7. The van der Waals surface area contributed by atoms with Gasteiger partial charge in [0.25, 0.3) is 0 Å². The van der Waals surface area contributed by atoms with Crippen molar-refractivity contribution in [3.05, 3.63) is 0 Å². The third kappa shape index (κ3) is 9.47. The number of ether oxygens (including phenoxy) is 7. The molecule has 4 heterocycles. The normalized spacial score (nSPS) is 48.6. The molecule has 0 aliphatic carbocycles. The molecule has 18 unspecified atom stereocenters. The van der Waals surface area contributed by atoms with Crippen LogP contribution in [-0.4, -0.2) is 197 Å². The van der Waals surface area contributed by atoms with E-state index in [2.05, 4.69) is 0 Å². The Balaban J connectivity index is 0.000000267. The van der Waals surface area contributed by atoms with Crippen LogP contribution in [0.15, 0.2) is 0 Å². The number of carbonyl (C=O) groups excluding carboxylic acids is 1. The molecule has 0 aromatic heterocycles. The smallest absolute Gasteiger partial charge is 0.302 e. The lowest BCUT2D eigenvalue weighted by Gasteiger charge is -2.43. The molecule has 4 aliphatic rings. The summed E-state index contributed by atoms with van der Waals surface area (Å²) in [5, 5.41) is 87.6. The number of aliphatic hydroxyl groups is 9. The van der Waals surface area contributed by atoms with Crippen LogP contribution in [0.4, 0.5) is 0 Å². The van der Waals surface area contributed by atoms with Crippen LogP contribution in [-0.2, 0) is 38.0 Å². The Kier molecular flexibility index (Phi) is 16.9. The van der Waals surface area contributed by atoms with Crippen LogP contribution >= 0.6 is 69.6 Å². The number of hydrogen-bond donors (Lipinski definition) is 9. The van der Waals surface area contributed by atoms with Crippen LogP contribution in [0.3, 0.4) is 0 Å². The molecule has 0 radical (unpaired) electrons. The van der Waals surface area contributed by atoms with Crippen molar-refractivity contribution in [2.24, 2.45) is 0 Å². The minimum Gasteiger partial charge on any atom is -0.463 e. The molecule has 0 amide bonds. The largest absolute Gasteiger partial charge is 0.463 e. The Morgan fingerprint density at radius 1 is 0.633 bits per heavy atom. The van der Waals surface area contributed by atoms with Crippen molar-refractivity contribution in [2.75, 3.05) is 36.7 Å². The summed E-state index contributed by atoms with van der Waals surface area (Å²) in [6.45, 7) is 0.365. The average Bonchev–Trinajstić information content (AvgIpc) is 3.48. The van der Waals surface area contributed by atoms with Crippen molar-refractivity contribution in [3.63, 3.8) is 0 Å². The molecule has 0 aromatic rings. The van der Waals surface area contributed by atoms with Crippen molar-refractivity contribution in [1.82, 2.24) is 0 Å². The van der Waals surface area contributed by atoms with Gasteiger partial charge in [0.2, 0.25) is 11.6 Å². The second-order valence-corrected chi connectivity index (χ2v) is 13.7. The van der Waals surface area contributed by atoms with Crippen LogP contribution in [0.2, 0.25) is 0 Å². The van der Waals surface area contributed by atoms with Gasteiger partial charge >= 0.3 is 5.97 Å². The van der Waals surface area contributed by atoms with E-state index in [9.17, 15) is 50.8 Å². The summed E-state index contributed by atoms with van der Waals surface area (Å²) >= 11 is 34.9. The number of halogens is 6. The Hall–Kier alpha value is 0.610. The Morgan fingerprint density at radius 3 is 1.35 bits per heavy atom. The number of carbonyl (C=O) groups is 1. The molecule has 9 N–H and O–H groups in total. The lowest BCUT2D eigenvalue weighted by atomic mass is 10.0. The summed E-state index contributed by atoms with van der Waals surface area (Å²) in [4.78, 5) is 11.0. The molecule has 0 bridgehead atoms. The van der Waals surface area contributed by atoms with Crippen LogP contribution in [0.25, 0.3) is 0 Å². The van der Waals surface area contributed by atoms with Gasteiger partial charge in [-0.25, -0.2) is 0 Å². The van der Waals surface area contributed by atoms with Gasteiger partial charge < -0.3 is 79.1 Å². The van der Waals surface area contributed by atoms with E-state index in [0.29, 0.717) is 0 Å². The molecule has 49 heavy (non-hydrogen) atoms. The first kappa shape index (κ1) is 44.0. The Morgan fingerprint density at radius 2 is 1.02 bits per heavy atom. The van der Waals surface area contributed by atoms with E-state index in [1.807, 2.05) is 0 Å². The zero-order valence-electron chi connectivity index (χ0n) is 25.5. The quantitative estimate of drug-likeness (QED) is 0.0755. The van der Waals surface area contributed by atoms with Gasteiger partial charge in [-0.2, -0.15) is 0 Å². The zero-order chi connectivity index (χ0) is 37.0. The fourth-order valence-electron chi connectivity index (χ4n) is 5.30. The van der Waals surface area contributed by atoms with Crippen molar-refractivity contribution >= 4 is 75.6 Å². The summed E-state index contributed by atoms with van der Waals surface area (Å²) in [5.74, 6) is -5.52. The first-order valence-corrected chi connectivity index (χ1v) is 17.7. The van der Waals surface area contributed by atoms with Gasteiger partial charge in [0.05, 0.1) is 40.9 Å². The molecule has 0 spiro atoms. The molecular weight excluding hydrogens is 797 g/mol. The maximum atomic E-state index is 11.0. The lowest BCUT2D eigenvalue weighted by Crippen LogP contribution is -2.61. The highest BCUT2D eigenvalue weighted by Gasteiger charge is 2.59. The van der Waals surface area contributed by atoms with E-state index < -0.39 is 132 Å². The summed E-state index contributed by atoms with van der Waals surface area (Å²) in [6.07, 6.45) is -19.0. The predicted molar refractivity (Wildman–Crippen MR) is 169 cm³/mol. The topological polar surface area (TPSA) is 264 Å². The standard InChI is InChI=1S/C14H21Cl3O9.C12H19Cl3O8/c1-5(18)23-3-7-8(17)10(20)11(21)13(24-7)26-14(4-16)12(22)9(19)6(2-15)25-14;13-1-4-7(17)10(20)12(3-14,22-4)23-11-9(19)8(18)6(15)5(2-16)21-11/h6-13,19-22H,2-4H2,1H3;4-11,16-20H,1-3H2. The van der Waals surface area contributed by atoms with Crippen molar-refractivity contribution in [1.29, 1.82) is 0 Å². The van der Waals surface area contributed by atoms with E-state index >= 15 is 0 Å². The van der Waals surface area contributed by atoms with Gasteiger partial charge in [0.15, 0.2) is 12.6 Å². The van der Waals surface area contributed by atoms with Gasteiger partial charge in [-0.3, -0.25) is 4.79 Å². The molecule has 17 nitrogen and oxygen atoms in total. The minimum absolute atomic E-state index is 0.125. The van der Waals surface area contributed by atoms with E-state index in [0.717, 1.165) is 0 Å². The van der Waals surface area contributed by atoms with Gasteiger partial charge in [-0.1, -0.05) is 0 Å². The average molecular weight is 837 g/mol. The van der Waals surface area contributed by atoms with E-state index in [-0.39, 0.29) is 18.4 Å². The number of aliphatic hydroxyl groups excluding tert-OH is 9. The summed E-state index contributed by atoms with van der Waals surface area (Å²) < 4.78 is 37.4. The number of hydrogen-bond acceptors (Lipinski definition) is 17. The summed E-state index contributed by atoms with van der Waals surface area (Å²) in [7, 11) is 0. The zero-order valence-corrected chi connectivity index (χ0v) is 30.1. The molecule has 4 saturated heterocycles. The lowest BCUT2D eigenvalue weighted by molar-refractivity contribution is -0.358. The Bertz CT molecular complexity index is 1060. The minimum atomic E-state index is -1.93. The van der Waals surface area contributed by atoms with Gasteiger partial charge in [-0.15, -0.1) is 69.6 Å². The van der Waals surface area contributed by atoms with Crippen LogP contribution < -0.4 is 0 Å². The van der Waals surface area contributed by atoms with Gasteiger partial charge in [0, 0.05) is 6.92 Å². The highest BCUT2D eigenvalue weighted by molar-refractivity contribution is 6.22. The van der Waals surface area contributed by atoms with Crippen molar-refractivity contribution in [3.8, 4) is 0 Å². The molecule has 288 valence electrons. The molecule has 0 saturated carbocycles. The van der Waals surface area contributed by atoms with Gasteiger partial charge in [-0.05, 0) is 0 Å². The first-order chi connectivity index (χ1) is 23.0. The SMILES string of the molecule is CC(=O)OCC1OC(OC2(CCl)OC(CCl)C(O)C2O)C(O)C(O)C1Cl.OCC1OC(OC2(CCl)OC(CCl)C(O)C2O)C(O)C(O)C1Cl. The molecule has 4 fully saturated rings.